The van der Waals surface area contributed by atoms with Crippen molar-refractivity contribution >= 4 is 23.1 Å². The number of ether oxygens (including phenoxy) is 2. The second-order valence-electron chi connectivity index (χ2n) is 5.48. The zero-order chi connectivity index (χ0) is 18.5. The number of nitrogens with zero attached hydrogens (tertiary/aromatic N) is 1. The Balaban J connectivity index is 1.76. The summed E-state index contributed by atoms with van der Waals surface area (Å²) >= 11 is 1.25. The summed E-state index contributed by atoms with van der Waals surface area (Å²) in [5.74, 6) is -0.428. The van der Waals surface area contributed by atoms with Gasteiger partial charge in [0.15, 0.2) is 6.61 Å². The average Bonchev–Trinajstić information content (AvgIpc) is 3.08. The number of aromatic nitrogens is 1. The van der Waals surface area contributed by atoms with Crippen LogP contribution in [0.4, 0.5) is 0 Å². The topological polar surface area (TPSA) is 65.5 Å². The fraction of sp³-hybridized carbons (Fsp3) is 0.150. The van der Waals surface area contributed by atoms with Crippen LogP contribution in [-0.4, -0.2) is 30.5 Å². The third-order valence-electron chi connectivity index (χ3n) is 3.71. The molecule has 3 rings (SSSR count). The van der Waals surface area contributed by atoms with Crippen molar-refractivity contribution in [2.75, 3.05) is 13.7 Å². The molecule has 0 aliphatic heterocycles. The van der Waals surface area contributed by atoms with E-state index in [2.05, 4.69) is 4.98 Å². The standard InChI is InChI=1S/C20H17NO4S/c1-13-21-18(14-8-4-3-5-9-14)19(26-13)20(23)25-12-16(22)15-10-6-7-11-17(15)24-2/h3-11H,12H2,1-2H3. The minimum atomic E-state index is -0.558. The lowest BCUT2D eigenvalue weighted by Crippen LogP contribution is -2.14. The monoisotopic (exact) mass is 367 g/mol. The van der Waals surface area contributed by atoms with Crippen LogP contribution in [0.5, 0.6) is 5.75 Å². The lowest BCUT2D eigenvalue weighted by atomic mass is 10.1. The third-order valence-corrected chi connectivity index (χ3v) is 4.66. The van der Waals surface area contributed by atoms with E-state index in [9.17, 15) is 9.59 Å². The van der Waals surface area contributed by atoms with E-state index in [4.69, 9.17) is 9.47 Å². The van der Waals surface area contributed by atoms with Crippen molar-refractivity contribution < 1.29 is 19.1 Å². The fourth-order valence-electron chi connectivity index (χ4n) is 2.51. The average molecular weight is 367 g/mol. The van der Waals surface area contributed by atoms with E-state index >= 15 is 0 Å². The van der Waals surface area contributed by atoms with Crippen LogP contribution in [0.25, 0.3) is 11.3 Å². The minimum absolute atomic E-state index is 0.321. The van der Waals surface area contributed by atoms with E-state index in [0.29, 0.717) is 21.9 Å². The summed E-state index contributed by atoms with van der Waals surface area (Å²) in [5, 5.41) is 0.756. The van der Waals surface area contributed by atoms with Gasteiger partial charge in [0.2, 0.25) is 5.78 Å². The molecule has 0 aliphatic carbocycles. The molecule has 0 unspecified atom stereocenters. The number of hydrogen-bond acceptors (Lipinski definition) is 6. The summed E-state index contributed by atoms with van der Waals surface area (Å²) in [6.07, 6.45) is 0. The summed E-state index contributed by atoms with van der Waals surface area (Å²) in [6, 6.07) is 16.2. The molecule has 0 fully saturated rings. The molecule has 26 heavy (non-hydrogen) atoms. The zero-order valence-corrected chi connectivity index (χ0v) is 15.2. The van der Waals surface area contributed by atoms with Gasteiger partial charge in [-0.25, -0.2) is 9.78 Å². The van der Waals surface area contributed by atoms with Crippen LogP contribution in [0.2, 0.25) is 0 Å². The van der Waals surface area contributed by atoms with E-state index in [-0.39, 0.29) is 12.4 Å². The predicted molar refractivity (Wildman–Crippen MR) is 99.9 cm³/mol. The second-order valence-corrected chi connectivity index (χ2v) is 6.68. The maximum Gasteiger partial charge on any atom is 0.351 e. The summed E-state index contributed by atoms with van der Waals surface area (Å²) in [7, 11) is 1.49. The van der Waals surface area contributed by atoms with Gasteiger partial charge in [0.05, 0.1) is 23.4 Å². The molecular weight excluding hydrogens is 350 g/mol. The Labute approximate surface area is 155 Å². The SMILES string of the molecule is COc1ccccc1C(=O)COC(=O)c1sc(C)nc1-c1ccccc1. The van der Waals surface area contributed by atoms with Crippen LogP contribution in [0.15, 0.2) is 54.6 Å². The lowest BCUT2D eigenvalue weighted by molar-refractivity contribution is 0.0479. The van der Waals surface area contributed by atoms with Gasteiger partial charge < -0.3 is 9.47 Å². The molecule has 2 aromatic carbocycles. The van der Waals surface area contributed by atoms with Crippen LogP contribution in [0.3, 0.4) is 0 Å². The van der Waals surface area contributed by atoms with Gasteiger partial charge in [0.25, 0.3) is 0 Å². The van der Waals surface area contributed by atoms with Crippen LogP contribution in [0.1, 0.15) is 25.0 Å². The Morgan fingerprint density at radius 3 is 2.46 bits per heavy atom. The molecule has 0 spiro atoms. The number of para-hydroxylation sites is 1. The predicted octanol–water partition coefficient (Wildman–Crippen LogP) is 4.17. The Kier molecular flexibility index (Phi) is 5.43. The van der Waals surface area contributed by atoms with Crippen molar-refractivity contribution in [3.05, 3.63) is 70.0 Å². The normalized spacial score (nSPS) is 10.4. The number of carbonyl (C=O) groups is 2. The van der Waals surface area contributed by atoms with Gasteiger partial charge in [-0.1, -0.05) is 42.5 Å². The van der Waals surface area contributed by atoms with Crippen LogP contribution in [-0.2, 0) is 4.74 Å². The van der Waals surface area contributed by atoms with Crippen molar-refractivity contribution in [1.82, 2.24) is 4.98 Å². The van der Waals surface area contributed by atoms with Gasteiger partial charge >= 0.3 is 5.97 Å². The number of Topliss-reactive ketones (excluding diaryl/α,β-unsaturated/α-hetero) is 1. The third kappa shape index (κ3) is 3.81. The number of ketones is 1. The molecule has 0 N–H and O–H groups in total. The first-order valence-corrected chi connectivity index (χ1v) is 8.78. The molecule has 0 bridgehead atoms. The van der Waals surface area contributed by atoms with Crippen molar-refractivity contribution in [2.45, 2.75) is 6.92 Å². The Morgan fingerprint density at radius 2 is 1.73 bits per heavy atom. The molecule has 0 amide bonds. The fourth-order valence-corrected chi connectivity index (χ4v) is 3.34. The van der Waals surface area contributed by atoms with Crippen LogP contribution < -0.4 is 4.74 Å². The molecule has 5 nitrogen and oxygen atoms in total. The highest BCUT2D eigenvalue weighted by molar-refractivity contribution is 7.14. The molecule has 6 heteroatoms. The molecule has 0 saturated carbocycles. The van der Waals surface area contributed by atoms with Gasteiger partial charge in [-0.3, -0.25) is 4.79 Å². The highest BCUT2D eigenvalue weighted by atomic mass is 32.1. The summed E-state index contributed by atoms with van der Waals surface area (Å²) in [6.45, 7) is 1.47. The molecule has 0 atom stereocenters. The molecule has 0 saturated heterocycles. The number of thiazole rings is 1. The van der Waals surface area contributed by atoms with E-state index < -0.39 is 5.97 Å². The van der Waals surface area contributed by atoms with Crippen molar-refractivity contribution in [1.29, 1.82) is 0 Å². The number of hydrogen-bond donors (Lipinski definition) is 0. The Hall–Kier alpha value is -2.99. The van der Waals surface area contributed by atoms with Gasteiger partial charge in [-0.2, -0.15) is 0 Å². The number of benzene rings is 2. The number of rotatable bonds is 6. The Bertz CT molecular complexity index is 934. The zero-order valence-electron chi connectivity index (χ0n) is 14.4. The van der Waals surface area contributed by atoms with Gasteiger partial charge in [0, 0.05) is 5.56 Å². The van der Waals surface area contributed by atoms with Gasteiger partial charge in [-0.15, -0.1) is 11.3 Å². The first-order chi connectivity index (χ1) is 12.6. The van der Waals surface area contributed by atoms with Crippen LogP contribution in [0, 0.1) is 6.92 Å². The number of aryl methyl sites for hydroxylation is 1. The molecule has 0 aliphatic rings. The maximum absolute atomic E-state index is 12.5. The first-order valence-electron chi connectivity index (χ1n) is 7.96. The van der Waals surface area contributed by atoms with Gasteiger partial charge in [-0.05, 0) is 19.1 Å². The molecule has 0 radical (unpaired) electrons. The summed E-state index contributed by atoms with van der Waals surface area (Å²) in [4.78, 5) is 29.7. The molecule has 3 aromatic rings. The van der Waals surface area contributed by atoms with E-state index in [1.165, 1.54) is 18.4 Å². The first kappa shape index (κ1) is 17.8. The molecule has 1 heterocycles. The largest absolute Gasteiger partial charge is 0.496 e. The van der Waals surface area contributed by atoms with E-state index in [0.717, 1.165) is 10.6 Å². The summed E-state index contributed by atoms with van der Waals surface area (Å²) in [5.41, 5.74) is 1.79. The number of methoxy groups -OCH3 is 1. The lowest BCUT2D eigenvalue weighted by Gasteiger charge is -2.08. The highest BCUT2D eigenvalue weighted by Gasteiger charge is 2.21. The summed E-state index contributed by atoms with van der Waals surface area (Å²) < 4.78 is 10.4. The Morgan fingerprint density at radius 1 is 1.04 bits per heavy atom. The van der Waals surface area contributed by atoms with Gasteiger partial charge in [0.1, 0.15) is 10.6 Å². The van der Waals surface area contributed by atoms with Crippen molar-refractivity contribution in [3.8, 4) is 17.0 Å². The minimum Gasteiger partial charge on any atom is -0.496 e. The highest BCUT2D eigenvalue weighted by Crippen LogP contribution is 2.28. The van der Waals surface area contributed by atoms with E-state index in [1.807, 2.05) is 37.3 Å². The quantitative estimate of drug-likeness (QED) is 0.483. The number of carbonyl (C=O) groups excluding carboxylic acids is 2. The smallest absolute Gasteiger partial charge is 0.351 e. The molecule has 1 aromatic heterocycles. The maximum atomic E-state index is 12.5. The molecule has 132 valence electrons. The van der Waals surface area contributed by atoms with Crippen molar-refractivity contribution in [2.24, 2.45) is 0 Å². The van der Waals surface area contributed by atoms with Crippen molar-refractivity contribution in [3.63, 3.8) is 0 Å². The second kappa shape index (κ2) is 7.93. The van der Waals surface area contributed by atoms with Crippen LogP contribution >= 0.6 is 11.3 Å². The van der Waals surface area contributed by atoms with E-state index in [1.54, 1.807) is 24.3 Å². The molecular formula is C20H17NO4S. The number of esters is 1.